The van der Waals surface area contributed by atoms with Crippen LogP contribution in [0.15, 0.2) is 40.8 Å². The van der Waals surface area contributed by atoms with Gasteiger partial charge in [-0.25, -0.2) is 0 Å². The molecule has 1 heterocycles. The first kappa shape index (κ1) is 19.7. The largest absolute Gasteiger partial charge is 0.486 e. The van der Waals surface area contributed by atoms with E-state index < -0.39 is 0 Å². The van der Waals surface area contributed by atoms with E-state index in [1.807, 2.05) is 18.2 Å². The second-order valence-corrected chi connectivity index (χ2v) is 11.0. The van der Waals surface area contributed by atoms with E-state index in [1.165, 1.54) is 24.8 Å². The zero-order valence-corrected chi connectivity index (χ0v) is 18.4. The summed E-state index contributed by atoms with van der Waals surface area (Å²) in [5, 5.41) is 3.37. The van der Waals surface area contributed by atoms with Crippen LogP contribution in [-0.2, 0) is 12.0 Å². The Hall–Kier alpha value is -2.23. The van der Waals surface area contributed by atoms with Crippen LogP contribution in [0, 0.1) is 17.8 Å². The average molecular weight is 408 g/mol. The second-order valence-electron chi connectivity index (χ2n) is 11.0. The SMILES string of the molecule is CC(C)(C)c1ccc(OCc2ccc(C(=O)NC34CC5CC(CC(C5)C3)C4)o2)cc1. The van der Waals surface area contributed by atoms with E-state index in [9.17, 15) is 4.79 Å². The number of furan rings is 1. The highest BCUT2D eigenvalue weighted by atomic mass is 16.5. The standard InChI is InChI=1S/C26H33NO3/c1-25(2,3)20-4-6-21(7-5-20)29-16-22-8-9-23(30-22)24(28)27-26-13-17-10-18(14-26)12-19(11-17)15-26/h4-9,17-19H,10-16H2,1-3H3,(H,27,28). The molecular formula is C26H33NO3. The minimum Gasteiger partial charge on any atom is -0.486 e. The van der Waals surface area contributed by atoms with Crippen molar-refractivity contribution in [1.29, 1.82) is 0 Å². The lowest BCUT2D eigenvalue weighted by Crippen LogP contribution is -2.59. The van der Waals surface area contributed by atoms with E-state index in [2.05, 4.69) is 38.2 Å². The highest BCUT2D eigenvalue weighted by Gasteiger charge is 2.51. The fraction of sp³-hybridized carbons (Fsp3) is 0.577. The van der Waals surface area contributed by atoms with Gasteiger partial charge in [-0.05, 0) is 91.5 Å². The molecule has 4 fully saturated rings. The molecule has 4 heteroatoms. The van der Waals surface area contributed by atoms with Crippen LogP contribution >= 0.6 is 0 Å². The summed E-state index contributed by atoms with van der Waals surface area (Å²) in [6, 6.07) is 11.8. The van der Waals surface area contributed by atoms with Crippen molar-refractivity contribution in [2.75, 3.05) is 0 Å². The molecule has 160 valence electrons. The van der Waals surface area contributed by atoms with Gasteiger partial charge in [0.25, 0.3) is 5.91 Å². The van der Waals surface area contributed by atoms with Crippen molar-refractivity contribution in [2.45, 2.75) is 76.9 Å². The quantitative estimate of drug-likeness (QED) is 0.676. The molecule has 0 radical (unpaired) electrons. The molecular weight excluding hydrogens is 374 g/mol. The predicted octanol–water partition coefficient (Wildman–Crippen LogP) is 5.85. The fourth-order valence-electron chi connectivity index (χ4n) is 6.35. The first-order valence-electron chi connectivity index (χ1n) is 11.4. The van der Waals surface area contributed by atoms with Crippen LogP contribution < -0.4 is 10.1 Å². The number of ether oxygens (including phenoxy) is 1. The van der Waals surface area contributed by atoms with Crippen molar-refractivity contribution < 1.29 is 13.9 Å². The number of nitrogens with one attached hydrogen (secondary N) is 1. The molecule has 0 spiro atoms. The highest BCUT2D eigenvalue weighted by Crippen LogP contribution is 2.55. The minimum atomic E-state index is -0.0715. The molecule has 1 N–H and O–H groups in total. The highest BCUT2D eigenvalue weighted by molar-refractivity contribution is 5.92. The lowest BCUT2D eigenvalue weighted by atomic mass is 9.53. The van der Waals surface area contributed by atoms with Gasteiger partial charge in [-0.15, -0.1) is 0 Å². The van der Waals surface area contributed by atoms with E-state index in [1.54, 1.807) is 6.07 Å². The summed E-state index contributed by atoms with van der Waals surface area (Å²) in [4.78, 5) is 12.9. The smallest absolute Gasteiger partial charge is 0.287 e. The van der Waals surface area contributed by atoms with Gasteiger partial charge in [0, 0.05) is 5.54 Å². The minimum absolute atomic E-state index is 0.00405. The van der Waals surface area contributed by atoms with Gasteiger partial charge in [0.05, 0.1) is 0 Å². The van der Waals surface area contributed by atoms with Crippen LogP contribution in [0.3, 0.4) is 0 Å². The number of benzene rings is 1. The van der Waals surface area contributed by atoms with Crippen LogP contribution in [0.4, 0.5) is 0 Å². The summed E-state index contributed by atoms with van der Waals surface area (Å²) in [6.45, 7) is 6.91. The maximum absolute atomic E-state index is 12.9. The van der Waals surface area contributed by atoms with Crippen molar-refractivity contribution in [3.8, 4) is 5.75 Å². The summed E-state index contributed by atoms with van der Waals surface area (Å²) in [6.07, 6.45) is 7.54. The first-order valence-corrected chi connectivity index (χ1v) is 11.4. The van der Waals surface area contributed by atoms with Gasteiger partial charge in [0.15, 0.2) is 5.76 Å². The molecule has 1 aromatic carbocycles. The molecule has 0 unspecified atom stereocenters. The van der Waals surface area contributed by atoms with Crippen molar-refractivity contribution in [3.05, 3.63) is 53.5 Å². The second kappa shape index (κ2) is 7.18. The Kier molecular flexibility index (Phi) is 4.72. The lowest BCUT2D eigenvalue weighted by Gasteiger charge is -2.56. The van der Waals surface area contributed by atoms with Crippen LogP contribution in [-0.4, -0.2) is 11.4 Å². The monoisotopic (exact) mass is 407 g/mol. The molecule has 0 aliphatic heterocycles. The Morgan fingerprint density at radius 2 is 1.60 bits per heavy atom. The zero-order valence-electron chi connectivity index (χ0n) is 18.4. The van der Waals surface area contributed by atoms with Crippen LogP contribution in [0.25, 0.3) is 0 Å². The van der Waals surface area contributed by atoms with Crippen molar-refractivity contribution in [2.24, 2.45) is 17.8 Å². The van der Waals surface area contributed by atoms with Crippen molar-refractivity contribution >= 4 is 5.91 Å². The fourth-order valence-corrected chi connectivity index (χ4v) is 6.35. The molecule has 6 rings (SSSR count). The molecule has 4 bridgehead atoms. The van der Waals surface area contributed by atoms with Gasteiger partial charge >= 0.3 is 0 Å². The topological polar surface area (TPSA) is 51.5 Å². The molecule has 1 amide bonds. The zero-order chi connectivity index (χ0) is 20.9. The predicted molar refractivity (Wildman–Crippen MR) is 117 cm³/mol. The molecule has 1 aromatic heterocycles. The molecule has 4 aliphatic rings. The number of hydrogen-bond acceptors (Lipinski definition) is 3. The maximum atomic E-state index is 12.9. The third-order valence-corrected chi connectivity index (χ3v) is 7.40. The number of carbonyl (C=O) groups excluding carboxylic acids is 1. The Balaban J connectivity index is 1.19. The van der Waals surface area contributed by atoms with Crippen molar-refractivity contribution in [3.63, 3.8) is 0 Å². The molecule has 4 nitrogen and oxygen atoms in total. The van der Waals surface area contributed by atoms with Gasteiger partial charge in [-0.1, -0.05) is 32.9 Å². The van der Waals surface area contributed by atoms with Gasteiger partial charge < -0.3 is 14.5 Å². The Labute approximate surface area is 179 Å². The summed E-state index contributed by atoms with van der Waals surface area (Å²) in [5.74, 6) is 4.22. The molecule has 2 aromatic rings. The number of rotatable bonds is 5. The van der Waals surface area contributed by atoms with E-state index in [0.29, 0.717) is 18.1 Å². The third-order valence-electron chi connectivity index (χ3n) is 7.40. The van der Waals surface area contributed by atoms with Crippen LogP contribution in [0.5, 0.6) is 5.75 Å². The molecule has 4 aliphatic carbocycles. The van der Waals surface area contributed by atoms with E-state index in [-0.39, 0.29) is 16.9 Å². The van der Waals surface area contributed by atoms with Gasteiger partial charge in [0.2, 0.25) is 0 Å². The third kappa shape index (κ3) is 3.89. The van der Waals surface area contributed by atoms with E-state index in [4.69, 9.17) is 9.15 Å². The van der Waals surface area contributed by atoms with Crippen LogP contribution in [0.2, 0.25) is 0 Å². The summed E-state index contributed by atoms with van der Waals surface area (Å²) in [5.41, 5.74) is 1.40. The number of amides is 1. The first-order chi connectivity index (χ1) is 14.3. The van der Waals surface area contributed by atoms with Crippen LogP contribution in [0.1, 0.15) is 81.2 Å². The lowest BCUT2D eigenvalue weighted by molar-refractivity contribution is -0.0171. The van der Waals surface area contributed by atoms with E-state index in [0.717, 1.165) is 42.8 Å². The Bertz CT molecular complexity index is 883. The Morgan fingerprint density at radius 3 is 2.17 bits per heavy atom. The Morgan fingerprint density at radius 1 is 1.00 bits per heavy atom. The molecule has 0 atom stereocenters. The molecule has 0 saturated heterocycles. The summed E-state index contributed by atoms with van der Waals surface area (Å²) >= 11 is 0. The van der Waals surface area contributed by atoms with Gasteiger partial charge in [-0.3, -0.25) is 4.79 Å². The van der Waals surface area contributed by atoms with Gasteiger partial charge in [0.1, 0.15) is 18.1 Å². The van der Waals surface area contributed by atoms with Crippen molar-refractivity contribution in [1.82, 2.24) is 5.32 Å². The van der Waals surface area contributed by atoms with E-state index >= 15 is 0 Å². The number of carbonyl (C=O) groups is 1. The molecule has 30 heavy (non-hydrogen) atoms. The van der Waals surface area contributed by atoms with Gasteiger partial charge in [-0.2, -0.15) is 0 Å². The molecule has 4 saturated carbocycles. The summed E-state index contributed by atoms with van der Waals surface area (Å²) in [7, 11) is 0. The summed E-state index contributed by atoms with van der Waals surface area (Å²) < 4.78 is 11.7. The average Bonchev–Trinajstić information content (AvgIpc) is 3.14. The number of hydrogen-bond donors (Lipinski definition) is 1. The normalized spacial score (nSPS) is 29.8. The maximum Gasteiger partial charge on any atom is 0.287 e.